The van der Waals surface area contributed by atoms with E-state index in [1.54, 1.807) is 13.0 Å². The average molecular weight is 238 g/mol. The summed E-state index contributed by atoms with van der Waals surface area (Å²) in [5.41, 5.74) is 0. The largest absolute Gasteiger partial charge is 0.360 e. The molecule has 0 aliphatic carbocycles. The van der Waals surface area contributed by atoms with E-state index < -0.39 is 0 Å². The van der Waals surface area contributed by atoms with Crippen LogP contribution in [0.2, 0.25) is 0 Å². The van der Waals surface area contributed by atoms with Crippen molar-refractivity contribution in [3.8, 4) is 0 Å². The zero-order valence-electron chi connectivity index (χ0n) is 10.5. The number of nitrogens with zero attached hydrogens (tertiary/aromatic N) is 1. The Balaban J connectivity index is 1.80. The van der Waals surface area contributed by atoms with Crippen LogP contribution in [-0.4, -0.2) is 30.7 Å². The lowest BCUT2D eigenvalue weighted by atomic mass is 10.0. The Morgan fingerprint density at radius 2 is 2.53 bits per heavy atom. The van der Waals surface area contributed by atoms with Crippen LogP contribution in [0.25, 0.3) is 0 Å². The van der Waals surface area contributed by atoms with E-state index in [9.17, 15) is 4.79 Å². The highest BCUT2D eigenvalue weighted by Crippen LogP contribution is 2.07. The molecule has 0 bridgehead atoms. The zero-order valence-corrected chi connectivity index (χ0v) is 10.5. The number of hydrogen-bond acceptors (Lipinski definition) is 3. The van der Waals surface area contributed by atoms with Crippen molar-refractivity contribution in [2.24, 2.45) is 5.92 Å². The van der Waals surface area contributed by atoms with Gasteiger partial charge in [0.05, 0.1) is 13.1 Å². The van der Waals surface area contributed by atoms with Crippen LogP contribution in [0.3, 0.4) is 0 Å². The number of amides is 1. The van der Waals surface area contributed by atoms with Gasteiger partial charge >= 0.3 is 0 Å². The number of aromatic nitrogens is 1. The number of carbonyl (C=O) groups is 1. The summed E-state index contributed by atoms with van der Waals surface area (Å²) in [6.45, 7) is 6.76. The van der Waals surface area contributed by atoms with Gasteiger partial charge in [-0.05, 0) is 19.8 Å². The number of likely N-dealkylation sites (tertiary alicyclic amines) is 1. The molecule has 1 fully saturated rings. The normalized spacial score (nSPS) is 24.6. The lowest BCUT2D eigenvalue weighted by molar-refractivity contribution is -0.900. The van der Waals surface area contributed by atoms with Crippen LogP contribution in [0.15, 0.2) is 10.6 Å². The van der Waals surface area contributed by atoms with Crippen molar-refractivity contribution in [1.82, 2.24) is 5.16 Å². The van der Waals surface area contributed by atoms with E-state index in [0.717, 1.165) is 19.0 Å². The summed E-state index contributed by atoms with van der Waals surface area (Å²) in [5.74, 6) is 1.96. The van der Waals surface area contributed by atoms with Crippen molar-refractivity contribution in [2.45, 2.75) is 26.7 Å². The van der Waals surface area contributed by atoms with E-state index in [1.807, 2.05) is 0 Å². The van der Waals surface area contributed by atoms with Crippen LogP contribution in [-0.2, 0) is 4.79 Å². The molecule has 5 nitrogen and oxygen atoms in total. The maximum atomic E-state index is 11.8. The molecule has 2 heterocycles. The van der Waals surface area contributed by atoms with E-state index >= 15 is 0 Å². The number of nitrogens with one attached hydrogen (secondary N) is 2. The molecule has 94 valence electrons. The summed E-state index contributed by atoms with van der Waals surface area (Å²) in [6, 6.07) is 1.73. The minimum absolute atomic E-state index is 0.0161. The number of hydrogen-bond donors (Lipinski definition) is 2. The van der Waals surface area contributed by atoms with Gasteiger partial charge in [0.25, 0.3) is 5.91 Å². The molecule has 1 saturated heterocycles. The fourth-order valence-corrected chi connectivity index (χ4v) is 2.40. The summed E-state index contributed by atoms with van der Waals surface area (Å²) in [4.78, 5) is 13.1. The number of quaternary nitrogens is 1. The quantitative estimate of drug-likeness (QED) is 0.793. The fourth-order valence-electron chi connectivity index (χ4n) is 2.40. The van der Waals surface area contributed by atoms with Gasteiger partial charge in [0.1, 0.15) is 5.76 Å². The SMILES string of the molecule is Cc1cc(NC(=O)C[NH+]2CCC[C@@H](C)C2)no1. The first-order chi connectivity index (χ1) is 8.13. The molecule has 1 aliphatic heterocycles. The van der Waals surface area contributed by atoms with Crippen molar-refractivity contribution in [3.63, 3.8) is 0 Å². The summed E-state index contributed by atoms with van der Waals surface area (Å²) in [7, 11) is 0. The Bertz CT molecular complexity index is 389. The predicted octanol–water partition coefficient (Wildman–Crippen LogP) is 0.236. The fraction of sp³-hybridized carbons (Fsp3) is 0.667. The van der Waals surface area contributed by atoms with Crippen molar-refractivity contribution >= 4 is 11.7 Å². The van der Waals surface area contributed by atoms with E-state index in [0.29, 0.717) is 18.1 Å². The predicted molar refractivity (Wildman–Crippen MR) is 63.8 cm³/mol. The number of aryl methyl sites for hydroxylation is 1. The number of anilines is 1. The summed E-state index contributed by atoms with van der Waals surface area (Å²) in [6.07, 6.45) is 2.50. The third-order valence-corrected chi connectivity index (χ3v) is 3.17. The van der Waals surface area contributed by atoms with E-state index in [1.165, 1.54) is 17.7 Å². The van der Waals surface area contributed by atoms with Gasteiger partial charge in [-0.1, -0.05) is 12.1 Å². The van der Waals surface area contributed by atoms with Gasteiger partial charge in [0, 0.05) is 12.0 Å². The summed E-state index contributed by atoms with van der Waals surface area (Å²) in [5, 5.41) is 6.51. The summed E-state index contributed by atoms with van der Waals surface area (Å²) >= 11 is 0. The Labute approximate surface area is 101 Å². The highest BCUT2D eigenvalue weighted by atomic mass is 16.5. The maximum absolute atomic E-state index is 11.8. The molecule has 1 aromatic heterocycles. The monoisotopic (exact) mass is 238 g/mol. The Morgan fingerprint density at radius 3 is 3.18 bits per heavy atom. The van der Waals surface area contributed by atoms with Crippen LogP contribution in [0.1, 0.15) is 25.5 Å². The maximum Gasteiger partial charge on any atom is 0.280 e. The first-order valence-corrected chi connectivity index (χ1v) is 6.20. The topological polar surface area (TPSA) is 59.6 Å². The molecule has 2 rings (SSSR count). The Kier molecular flexibility index (Phi) is 3.78. The van der Waals surface area contributed by atoms with Gasteiger partial charge in [-0.3, -0.25) is 4.79 Å². The molecule has 0 saturated carbocycles. The van der Waals surface area contributed by atoms with Crippen LogP contribution in [0, 0.1) is 12.8 Å². The second kappa shape index (κ2) is 5.31. The second-order valence-electron chi connectivity index (χ2n) is 5.00. The molecular weight excluding hydrogens is 218 g/mol. The number of rotatable bonds is 3. The van der Waals surface area contributed by atoms with Gasteiger partial charge in [0.2, 0.25) is 0 Å². The molecule has 2 N–H and O–H groups in total. The van der Waals surface area contributed by atoms with Gasteiger partial charge in [-0.25, -0.2) is 0 Å². The molecule has 1 unspecified atom stereocenters. The van der Waals surface area contributed by atoms with Gasteiger partial charge in [0.15, 0.2) is 12.4 Å². The molecule has 1 amide bonds. The molecule has 5 heteroatoms. The molecule has 2 atom stereocenters. The molecule has 17 heavy (non-hydrogen) atoms. The number of piperidine rings is 1. The first-order valence-electron chi connectivity index (χ1n) is 6.20. The Morgan fingerprint density at radius 1 is 1.71 bits per heavy atom. The van der Waals surface area contributed by atoms with Gasteiger partial charge < -0.3 is 14.7 Å². The van der Waals surface area contributed by atoms with Crippen molar-refractivity contribution in [3.05, 3.63) is 11.8 Å². The third kappa shape index (κ3) is 3.56. The lowest BCUT2D eigenvalue weighted by Crippen LogP contribution is -3.14. The molecule has 0 aromatic carbocycles. The van der Waals surface area contributed by atoms with Crippen LogP contribution in [0.4, 0.5) is 5.82 Å². The molecular formula is C12H20N3O2+. The molecule has 0 spiro atoms. The van der Waals surface area contributed by atoms with E-state index in [2.05, 4.69) is 17.4 Å². The lowest BCUT2D eigenvalue weighted by Gasteiger charge is -2.27. The highest BCUT2D eigenvalue weighted by Gasteiger charge is 2.22. The van der Waals surface area contributed by atoms with Crippen LogP contribution >= 0.6 is 0 Å². The minimum atomic E-state index is 0.0161. The molecule has 1 aliphatic rings. The van der Waals surface area contributed by atoms with Crippen molar-refractivity contribution < 1.29 is 14.2 Å². The average Bonchev–Trinajstić information content (AvgIpc) is 2.63. The van der Waals surface area contributed by atoms with Crippen LogP contribution < -0.4 is 10.2 Å². The first kappa shape index (κ1) is 12.1. The van der Waals surface area contributed by atoms with Gasteiger partial charge in [-0.15, -0.1) is 0 Å². The smallest absolute Gasteiger partial charge is 0.280 e. The number of carbonyl (C=O) groups excluding carboxylic acids is 1. The van der Waals surface area contributed by atoms with E-state index in [-0.39, 0.29) is 5.91 Å². The van der Waals surface area contributed by atoms with Crippen molar-refractivity contribution in [1.29, 1.82) is 0 Å². The minimum Gasteiger partial charge on any atom is -0.360 e. The third-order valence-electron chi connectivity index (χ3n) is 3.17. The van der Waals surface area contributed by atoms with Gasteiger partial charge in [-0.2, -0.15) is 0 Å². The van der Waals surface area contributed by atoms with Crippen LogP contribution in [0.5, 0.6) is 0 Å². The highest BCUT2D eigenvalue weighted by molar-refractivity contribution is 5.90. The zero-order chi connectivity index (χ0) is 12.3. The van der Waals surface area contributed by atoms with Crippen molar-refractivity contribution in [2.75, 3.05) is 25.0 Å². The molecule has 1 aromatic rings. The second-order valence-corrected chi connectivity index (χ2v) is 5.00. The molecule has 0 radical (unpaired) electrons. The summed E-state index contributed by atoms with van der Waals surface area (Å²) < 4.78 is 4.90. The van der Waals surface area contributed by atoms with E-state index in [4.69, 9.17) is 4.52 Å². The Hall–Kier alpha value is -1.36. The standard InChI is InChI=1S/C12H19N3O2/c1-9-4-3-5-15(7-9)8-12(16)13-11-6-10(2)17-14-11/h6,9H,3-5,7-8H2,1-2H3,(H,13,14,16)/p+1/t9-/m1/s1.